The highest BCUT2D eigenvalue weighted by Gasteiger charge is 2.31. The van der Waals surface area contributed by atoms with Crippen LogP contribution in [0.4, 0.5) is 0 Å². The minimum absolute atomic E-state index is 0.701. The fourth-order valence-corrected chi connectivity index (χ4v) is 0.189. The van der Waals surface area contributed by atoms with Crippen LogP contribution in [-0.2, 0) is 5.11 Å². The summed E-state index contributed by atoms with van der Waals surface area (Å²) in [5.74, 6) is 0. The molecule has 1 nitrogen and oxygen atoms in total. The van der Waals surface area contributed by atoms with Gasteiger partial charge in [0.2, 0.25) is 0 Å². The van der Waals surface area contributed by atoms with E-state index in [9.17, 15) is 5.11 Å². The molecule has 0 aromatic carbocycles. The van der Waals surface area contributed by atoms with Crippen molar-refractivity contribution >= 4 is 46.4 Å². The molecule has 0 unspecified atom stereocenters. The lowest BCUT2D eigenvalue weighted by Crippen LogP contribution is -2.25. The standard InChI is InChI=1S/C3H3Cl4O/c4-2(5)3(6,7)1-8/h2H,1H2. The van der Waals surface area contributed by atoms with Crippen molar-refractivity contribution in [3.8, 4) is 0 Å². The van der Waals surface area contributed by atoms with Gasteiger partial charge in [-0.15, -0.1) is 23.2 Å². The first-order chi connectivity index (χ1) is 3.50. The molecule has 0 heterocycles. The highest BCUT2D eigenvalue weighted by molar-refractivity contribution is 6.59. The summed E-state index contributed by atoms with van der Waals surface area (Å²) in [4.78, 5) is -1.02. The third-order valence-electron chi connectivity index (χ3n) is 0.512. The Bertz CT molecular complexity index is 71.7. The van der Waals surface area contributed by atoms with Gasteiger partial charge in [0.05, 0.1) is 0 Å². The molecule has 5 heteroatoms. The van der Waals surface area contributed by atoms with Crippen LogP contribution < -0.4 is 0 Å². The molecule has 0 aliphatic carbocycles. The van der Waals surface area contributed by atoms with Crippen molar-refractivity contribution in [1.29, 1.82) is 0 Å². The summed E-state index contributed by atoms with van der Waals surface area (Å²) >= 11 is 20.8. The van der Waals surface area contributed by atoms with E-state index < -0.39 is 15.8 Å². The molecule has 0 aromatic rings. The summed E-state index contributed by atoms with van der Waals surface area (Å²) < 4.78 is -1.54. The normalized spacial score (nSPS) is 12.8. The molecule has 0 aliphatic rings. The zero-order valence-electron chi connectivity index (χ0n) is 3.70. The zero-order valence-corrected chi connectivity index (χ0v) is 6.73. The lowest BCUT2D eigenvalue weighted by atomic mass is 10.5. The Morgan fingerprint density at radius 3 is 1.75 bits per heavy atom. The smallest absolute Gasteiger partial charge is 0.174 e. The van der Waals surface area contributed by atoms with Gasteiger partial charge in [-0.25, -0.2) is 5.11 Å². The molecule has 0 bridgehead atoms. The first-order valence-electron chi connectivity index (χ1n) is 1.75. The van der Waals surface area contributed by atoms with Gasteiger partial charge in [-0.1, -0.05) is 23.2 Å². The van der Waals surface area contributed by atoms with E-state index >= 15 is 0 Å². The molecule has 0 atom stereocenters. The molecular formula is C3H3Cl4O. The summed E-state index contributed by atoms with van der Waals surface area (Å²) in [6, 6.07) is 0. The van der Waals surface area contributed by atoms with Crippen molar-refractivity contribution in [2.75, 3.05) is 6.61 Å². The average molecular weight is 197 g/mol. The lowest BCUT2D eigenvalue weighted by molar-refractivity contribution is 0.185. The first-order valence-corrected chi connectivity index (χ1v) is 3.37. The maximum Gasteiger partial charge on any atom is 0.174 e. The second kappa shape index (κ2) is 3.33. The fourth-order valence-electron chi connectivity index (χ4n) is 0.0630. The molecule has 8 heavy (non-hydrogen) atoms. The number of halogens is 4. The van der Waals surface area contributed by atoms with Crippen molar-refractivity contribution < 1.29 is 5.11 Å². The maximum absolute atomic E-state index is 9.96. The third-order valence-corrected chi connectivity index (χ3v) is 2.36. The second-order valence-electron chi connectivity index (χ2n) is 1.21. The molecule has 0 aliphatic heterocycles. The number of rotatable bonds is 2. The first kappa shape index (κ1) is 9.12. The van der Waals surface area contributed by atoms with Gasteiger partial charge in [-0.05, 0) is 0 Å². The van der Waals surface area contributed by atoms with Crippen LogP contribution in [-0.4, -0.2) is 15.8 Å². The number of hydrogen-bond acceptors (Lipinski definition) is 0. The molecule has 49 valence electrons. The monoisotopic (exact) mass is 195 g/mol. The fraction of sp³-hybridized carbons (Fsp3) is 1.00. The highest BCUT2D eigenvalue weighted by atomic mass is 35.5. The van der Waals surface area contributed by atoms with Gasteiger partial charge >= 0.3 is 0 Å². The minimum atomic E-state index is -1.54. The van der Waals surface area contributed by atoms with Crippen molar-refractivity contribution in [1.82, 2.24) is 0 Å². The molecule has 0 saturated heterocycles. The van der Waals surface area contributed by atoms with Crippen molar-refractivity contribution in [3.63, 3.8) is 0 Å². The highest BCUT2D eigenvalue weighted by Crippen LogP contribution is 2.31. The van der Waals surface area contributed by atoms with E-state index in [4.69, 9.17) is 46.4 Å². The van der Waals surface area contributed by atoms with E-state index in [-0.39, 0.29) is 0 Å². The van der Waals surface area contributed by atoms with E-state index in [2.05, 4.69) is 0 Å². The van der Waals surface area contributed by atoms with Crippen molar-refractivity contribution in [3.05, 3.63) is 0 Å². The summed E-state index contributed by atoms with van der Waals surface area (Å²) in [5, 5.41) is 9.96. The number of hydrogen-bond donors (Lipinski definition) is 0. The summed E-state index contributed by atoms with van der Waals surface area (Å²) in [6.45, 7) is -0.701. The molecule has 1 radical (unpaired) electrons. The molecule has 0 N–H and O–H groups in total. The minimum Gasteiger partial charge on any atom is -0.233 e. The Kier molecular flexibility index (Phi) is 3.79. The summed E-state index contributed by atoms with van der Waals surface area (Å²) in [6.07, 6.45) is 0. The van der Waals surface area contributed by atoms with Crippen LogP contribution in [0.5, 0.6) is 0 Å². The second-order valence-corrected chi connectivity index (χ2v) is 3.84. The van der Waals surface area contributed by atoms with Gasteiger partial charge in [0.1, 0.15) is 11.4 Å². The average Bonchev–Trinajstić information content (AvgIpc) is 1.67. The number of alkyl halides is 4. The van der Waals surface area contributed by atoms with Gasteiger partial charge in [-0.3, -0.25) is 0 Å². The van der Waals surface area contributed by atoms with Crippen LogP contribution in [0.15, 0.2) is 0 Å². The van der Waals surface area contributed by atoms with Gasteiger partial charge in [0, 0.05) is 0 Å². The molecule has 0 amide bonds. The molecule has 0 rings (SSSR count). The Hall–Kier alpha value is 1.12. The van der Waals surface area contributed by atoms with Crippen LogP contribution in [0, 0.1) is 0 Å². The van der Waals surface area contributed by atoms with Crippen LogP contribution in [0.25, 0.3) is 0 Å². The quantitative estimate of drug-likeness (QED) is 0.605. The van der Waals surface area contributed by atoms with Gasteiger partial charge in [-0.2, -0.15) is 0 Å². The SMILES string of the molecule is [O]CC(Cl)(Cl)C(Cl)Cl. The third kappa shape index (κ3) is 2.60. The zero-order chi connectivity index (χ0) is 6.78. The van der Waals surface area contributed by atoms with Gasteiger partial charge in [0.25, 0.3) is 0 Å². The van der Waals surface area contributed by atoms with Gasteiger partial charge < -0.3 is 0 Å². The van der Waals surface area contributed by atoms with Crippen molar-refractivity contribution in [2.24, 2.45) is 0 Å². The van der Waals surface area contributed by atoms with Crippen LogP contribution in [0.2, 0.25) is 0 Å². The maximum atomic E-state index is 9.96. The van der Waals surface area contributed by atoms with E-state index in [0.29, 0.717) is 0 Å². The summed E-state index contributed by atoms with van der Waals surface area (Å²) in [5.41, 5.74) is 0. The molecular weight excluding hydrogens is 194 g/mol. The van der Waals surface area contributed by atoms with Crippen LogP contribution >= 0.6 is 46.4 Å². The van der Waals surface area contributed by atoms with E-state index in [0.717, 1.165) is 0 Å². The lowest BCUT2D eigenvalue weighted by Gasteiger charge is -2.14. The molecule has 0 fully saturated rings. The van der Waals surface area contributed by atoms with E-state index in [1.165, 1.54) is 0 Å². The molecule has 0 saturated carbocycles. The predicted molar refractivity (Wildman–Crippen MR) is 35.5 cm³/mol. The Labute approximate surface area is 67.5 Å². The van der Waals surface area contributed by atoms with Gasteiger partial charge in [0.15, 0.2) is 4.33 Å². The Morgan fingerprint density at radius 1 is 1.38 bits per heavy atom. The van der Waals surface area contributed by atoms with E-state index in [1.54, 1.807) is 0 Å². The topological polar surface area (TPSA) is 19.9 Å². The van der Waals surface area contributed by atoms with Crippen LogP contribution in [0.1, 0.15) is 0 Å². The van der Waals surface area contributed by atoms with Crippen molar-refractivity contribution in [2.45, 2.75) is 9.17 Å². The molecule has 0 spiro atoms. The van der Waals surface area contributed by atoms with Crippen LogP contribution in [0.3, 0.4) is 0 Å². The Balaban J connectivity index is 3.71. The summed E-state index contributed by atoms with van der Waals surface area (Å²) in [7, 11) is 0. The Morgan fingerprint density at radius 2 is 1.75 bits per heavy atom. The predicted octanol–water partition coefficient (Wildman–Crippen LogP) is 2.39. The molecule has 0 aromatic heterocycles. The largest absolute Gasteiger partial charge is 0.233 e. The van der Waals surface area contributed by atoms with E-state index in [1.807, 2.05) is 0 Å².